The molecule has 0 aliphatic carbocycles. The molecule has 0 radical (unpaired) electrons. The molecular formula is C48H46N2. The van der Waals surface area contributed by atoms with E-state index in [9.17, 15) is 0 Å². The number of hydrogen-bond donors (Lipinski definition) is 0. The summed E-state index contributed by atoms with van der Waals surface area (Å²) in [5.74, 6) is 0. The molecule has 50 heavy (non-hydrogen) atoms. The Morgan fingerprint density at radius 1 is 0.480 bits per heavy atom. The van der Waals surface area contributed by atoms with Crippen LogP contribution in [0.3, 0.4) is 0 Å². The zero-order valence-electron chi connectivity index (χ0n) is 29.5. The second-order valence-electron chi connectivity index (χ2n) is 13.6. The second-order valence-corrected chi connectivity index (χ2v) is 13.6. The molecule has 0 atom stereocenters. The van der Waals surface area contributed by atoms with Crippen LogP contribution in [0.15, 0.2) is 121 Å². The molecule has 0 fully saturated rings. The quantitative estimate of drug-likeness (QED) is 0.0864. The van der Waals surface area contributed by atoms with Crippen LogP contribution in [0.1, 0.15) is 76.3 Å². The molecule has 2 nitrogen and oxygen atoms in total. The van der Waals surface area contributed by atoms with Crippen molar-refractivity contribution in [1.82, 2.24) is 9.97 Å². The van der Waals surface area contributed by atoms with Crippen LogP contribution in [0.25, 0.3) is 66.6 Å². The summed E-state index contributed by atoms with van der Waals surface area (Å²) in [5.41, 5.74) is 13.3. The summed E-state index contributed by atoms with van der Waals surface area (Å²) in [6.45, 7) is 4.53. The van der Waals surface area contributed by atoms with E-state index in [-0.39, 0.29) is 0 Å². The average molecular weight is 651 g/mol. The summed E-state index contributed by atoms with van der Waals surface area (Å²) >= 11 is 0. The summed E-state index contributed by atoms with van der Waals surface area (Å²) in [4.78, 5) is 10.6. The molecule has 0 saturated carbocycles. The van der Waals surface area contributed by atoms with Crippen molar-refractivity contribution in [2.24, 2.45) is 0 Å². The van der Waals surface area contributed by atoms with Crippen LogP contribution in [-0.2, 0) is 12.8 Å². The zero-order chi connectivity index (χ0) is 34.1. The Balaban J connectivity index is 1.34. The first-order valence-electron chi connectivity index (χ1n) is 18.6. The van der Waals surface area contributed by atoms with E-state index in [1.807, 2.05) is 12.1 Å². The molecule has 2 heteroatoms. The van der Waals surface area contributed by atoms with E-state index >= 15 is 0 Å². The van der Waals surface area contributed by atoms with Crippen molar-refractivity contribution in [2.75, 3.05) is 0 Å². The first-order valence-corrected chi connectivity index (χ1v) is 18.6. The van der Waals surface area contributed by atoms with E-state index in [0.29, 0.717) is 0 Å². The number of fused-ring (bicyclic) bond motifs is 2. The van der Waals surface area contributed by atoms with Gasteiger partial charge in [0.2, 0.25) is 0 Å². The number of rotatable bonds is 14. The van der Waals surface area contributed by atoms with Crippen molar-refractivity contribution in [2.45, 2.75) is 78.1 Å². The summed E-state index contributed by atoms with van der Waals surface area (Å²) in [6.07, 6.45) is 12.5. The van der Waals surface area contributed by atoms with Gasteiger partial charge in [0, 0.05) is 33.0 Å². The van der Waals surface area contributed by atoms with Crippen molar-refractivity contribution < 1.29 is 0 Å². The summed E-state index contributed by atoms with van der Waals surface area (Å²) in [7, 11) is 0. The van der Waals surface area contributed by atoms with Gasteiger partial charge in [0.1, 0.15) is 0 Å². The minimum absolute atomic E-state index is 0.949. The molecule has 0 N–H and O–H groups in total. The average Bonchev–Trinajstić information content (AvgIpc) is 3.18. The highest BCUT2D eigenvalue weighted by atomic mass is 14.7. The molecule has 0 aliphatic rings. The number of aryl methyl sites for hydroxylation is 2. The van der Waals surface area contributed by atoms with E-state index in [1.54, 1.807) is 0 Å². The van der Waals surface area contributed by atoms with E-state index in [4.69, 9.17) is 9.97 Å². The van der Waals surface area contributed by atoms with Gasteiger partial charge in [-0.05, 0) is 84.3 Å². The first-order chi connectivity index (χ1) is 24.7. The van der Waals surface area contributed by atoms with Gasteiger partial charge in [0.15, 0.2) is 0 Å². The van der Waals surface area contributed by atoms with Crippen LogP contribution in [0.2, 0.25) is 0 Å². The van der Waals surface area contributed by atoms with Crippen LogP contribution in [-0.4, -0.2) is 9.97 Å². The molecule has 7 rings (SSSR count). The zero-order valence-corrected chi connectivity index (χ0v) is 29.5. The van der Waals surface area contributed by atoms with Gasteiger partial charge in [-0.3, -0.25) is 0 Å². The highest BCUT2D eigenvalue weighted by Gasteiger charge is 2.16. The maximum Gasteiger partial charge on any atom is 0.0723 e. The molecular weight excluding hydrogens is 605 g/mol. The molecule has 2 heterocycles. The van der Waals surface area contributed by atoms with Crippen molar-refractivity contribution in [3.63, 3.8) is 0 Å². The lowest BCUT2D eigenvalue weighted by Gasteiger charge is -2.14. The van der Waals surface area contributed by atoms with Crippen molar-refractivity contribution in [1.29, 1.82) is 0 Å². The van der Waals surface area contributed by atoms with E-state index in [2.05, 4.69) is 135 Å². The van der Waals surface area contributed by atoms with Crippen LogP contribution in [0.5, 0.6) is 0 Å². The lowest BCUT2D eigenvalue weighted by molar-refractivity contribution is 0.667. The molecule has 2 aromatic heterocycles. The van der Waals surface area contributed by atoms with Crippen LogP contribution in [0.4, 0.5) is 0 Å². The fourth-order valence-corrected chi connectivity index (χ4v) is 7.03. The van der Waals surface area contributed by atoms with Gasteiger partial charge in [-0.1, -0.05) is 149 Å². The minimum Gasteiger partial charge on any atom is -0.248 e. The Kier molecular flexibility index (Phi) is 10.6. The van der Waals surface area contributed by atoms with Gasteiger partial charge in [0.25, 0.3) is 0 Å². The highest BCUT2D eigenvalue weighted by molar-refractivity contribution is 6.08. The standard InChI is InChI=1S/C48H46N2/c1-3-5-7-11-17-35-23-27-39(28-24-35)45-31-41(37-19-13-9-14-20-37)43-34-48-44(33-47(43)49-45)42(38-21-15-10-16-22-38)32-46(50-48)40-29-25-36(26-30-40)18-12-8-6-4-2/h9-10,13-15,19-21,23-34H,3-8,11-12,17-18H2,1-2H3. The molecule has 7 aromatic rings. The third-order valence-electron chi connectivity index (χ3n) is 9.90. The monoisotopic (exact) mass is 650 g/mol. The number of pyridine rings is 2. The Labute approximate surface area is 298 Å². The molecule has 248 valence electrons. The van der Waals surface area contributed by atoms with Gasteiger partial charge in [-0.25, -0.2) is 9.97 Å². The second kappa shape index (κ2) is 16.0. The lowest BCUT2D eigenvalue weighted by atomic mass is 9.94. The van der Waals surface area contributed by atoms with Gasteiger partial charge < -0.3 is 0 Å². The molecule has 0 saturated heterocycles. The molecule has 0 aliphatic heterocycles. The van der Waals surface area contributed by atoms with Gasteiger partial charge in [0.05, 0.1) is 22.4 Å². The van der Waals surface area contributed by atoms with Crippen LogP contribution in [0, 0.1) is 12.1 Å². The van der Waals surface area contributed by atoms with Gasteiger partial charge in [-0.15, -0.1) is 0 Å². The fourth-order valence-electron chi connectivity index (χ4n) is 7.03. The van der Waals surface area contributed by atoms with Crippen LogP contribution < -0.4 is 0 Å². The summed E-state index contributed by atoms with van der Waals surface area (Å²) < 4.78 is 0. The fraction of sp³-hybridized carbons (Fsp3) is 0.250. The Morgan fingerprint density at radius 3 is 1.54 bits per heavy atom. The van der Waals surface area contributed by atoms with E-state index < -0.39 is 0 Å². The summed E-state index contributed by atoms with van der Waals surface area (Å²) in [6, 6.07) is 50.3. The Bertz CT molecular complexity index is 1990. The molecule has 0 spiro atoms. The molecule has 5 aromatic carbocycles. The van der Waals surface area contributed by atoms with Gasteiger partial charge in [-0.2, -0.15) is 0 Å². The van der Waals surface area contributed by atoms with Gasteiger partial charge >= 0.3 is 0 Å². The maximum atomic E-state index is 5.31. The normalized spacial score (nSPS) is 11.2. The smallest absolute Gasteiger partial charge is 0.0723 e. The van der Waals surface area contributed by atoms with Crippen molar-refractivity contribution >= 4 is 21.8 Å². The predicted molar refractivity (Wildman–Crippen MR) is 212 cm³/mol. The first kappa shape index (κ1) is 33.2. The molecule has 0 bridgehead atoms. The number of hydrogen-bond acceptors (Lipinski definition) is 2. The lowest BCUT2D eigenvalue weighted by Crippen LogP contribution is -1.94. The Morgan fingerprint density at radius 2 is 1.02 bits per heavy atom. The van der Waals surface area contributed by atoms with Crippen molar-refractivity contribution in [3.05, 3.63) is 145 Å². The van der Waals surface area contributed by atoms with E-state index in [0.717, 1.165) is 73.9 Å². The number of aromatic nitrogens is 2. The third kappa shape index (κ3) is 7.64. The number of benzene rings is 4. The SMILES string of the molecule is CCCCCCc1ccc(-c2cc(-c3c#cccc3)c3cc4nc(-c5ccc(CCCCCC)cc5)cc(-c5ccccc5)c4cc3n2)cc1. The topological polar surface area (TPSA) is 25.8 Å². The Hall–Kier alpha value is -5.26. The molecule has 0 amide bonds. The highest BCUT2D eigenvalue weighted by Crippen LogP contribution is 2.38. The predicted octanol–water partition coefficient (Wildman–Crippen LogP) is 13.3. The third-order valence-corrected chi connectivity index (χ3v) is 9.90. The maximum absolute atomic E-state index is 5.31. The summed E-state index contributed by atoms with van der Waals surface area (Å²) in [5, 5.41) is 2.16. The van der Waals surface area contributed by atoms with E-state index in [1.165, 1.54) is 68.1 Å². The largest absolute Gasteiger partial charge is 0.248 e. The minimum atomic E-state index is 0.949. The van der Waals surface area contributed by atoms with Crippen LogP contribution >= 0.6 is 0 Å². The molecule has 0 unspecified atom stereocenters. The number of unbranched alkanes of at least 4 members (excludes halogenated alkanes) is 6. The van der Waals surface area contributed by atoms with Crippen molar-refractivity contribution in [3.8, 4) is 44.8 Å². The number of nitrogens with zero attached hydrogens (tertiary/aromatic N) is 2.